The van der Waals surface area contributed by atoms with E-state index in [0.717, 1.165) is 0 Å². The summed E-state index contributed by atoms with van der Waals surface area (Å²) in [6.07, 6.45) is 0.669. The van der Waals surface area contributed by atoms with Gasteiger partial charge in [0.25, 0.3) is 0 Å². The van der Waals surface area contributed by atoms with E-state index in [0.29, 0.717) is 5.06 Å². The second-order valence-corrected chi connectivity index (χ2v) is 2.18. The zero-order chi connectivity index (χ0) is 7.72. The number of hydroxylamine groups is 2. The van der Waals surface area contributed by atoms with E-state index in [1.165, 1.54) is 6.08 Å². The van der Waals surface area contributed by atoms with Crippen molar-refractivity contribution in [3.63, 3.8) is 0 Å². The summed E-state index contributed by atoms with van der Waals surface area (Å²) in [4.78, 5) is 3.53. The van der Waals surface area contributed by atoms with Gasteiger partial charge in [-0.15, -0.1) is 0 Å². The number of aliphatic imine (C=N–C) groups is 1. The van der Waals surface area contributed by atoms with Crippen molar-refractivity contribution in [2.75, 3.05) is 0 Å². The Labute approximate surface area is 62.5 Å². The average molecular weight is 163 g/mol. The number of nitrogens with two attached hydrogens (primary N) is 2. The summed E-state index contributed by atoms with van der Waals surface area (Å²) in [5.74, 6) is -0.0972. The van der Waals surface area contributed by atoms with Gasteiger partial charge in [0.1, 0.15) is 11.3 Å². The molecule has 0 bridgehead atoms. The van der Waals surface area contributed by atoms with E-state index in [1.807, 2.05) is 0 Å². The number of nitrogens with zero attached hydrogens (tertiary/aromatic N) is 2. The van der Waals surface area contributed by atoms with Gasteiger partial charge in [-0.1, -0.05) is 11.6 Å². The second kappa shape index (κ2) is 2.45. The molecular weight excluding hydrogens is 156 g/mol. The van der Waals surface area contributed by atoms with Crippen LogP contribution in [-0.4, -0.2) is 22.4 Å². The molecule has 0 spiro atoms. The first kappa shape index (κ1) is 7.33. The van der Waals surface area contributed by atoms with Crippen LogP contribution < -0.4 is 11.5 Å². The van der Waals surface area contributed by atoms with Gasteiger partial charge >= 0.3 is 0 Å². The highest BCUT2D eigenvalue weighted by Gasteiger charge is 2.16. The minimum absolute atomic E-state index is 0.0972. The smallest absolute Gasteiger partial charge is 0.223 e. The molecule has 1 atom stereocenters. The lowest BCUT2D eigenvalue weighted by molar-refractivity contribution is -0.0399. The Morgan fingerprint density at radius 2 is 2.40 bits per heavy atom. The summed E-state index contributed by atoms with van der Waals surface area (Å²) in [5, 5.41) is 9.73. The van der Waals surface area contributed by atoms with E-state index < -0.39 is 6.17 Å². The molecule has 1 rings (SSSR count). The third-order valence-electron chi connectivity index (χ3n) is 1.05. The lowest BCUT2D eigenvalue weighted by Crippen LogP contribution is -2.47. The summed E-state index contributed by atoms with van der Waals surface area (Å²) in [7, 11) is 0. The molecule has 1 aliphatic rings. The third kappa shape index (κ3) is 1.21. The largest absolute Gasteiger partial charge is 0.368 e. The number of guanidine groups is 1. The van der Waals surface area contributed by atoms with E-state index in [-0.39, 0.29) is 11.1 Å². The maximum atomic E-state index is 8.91. The van der Waals surface area contributed by atoms with Gasteiger partial charge < -0.3 is 11.5 Å². The molecule has 1 heterocycles. The molecule has 0 aliphatic carbocycles. The fraction of sp³-hybridized carbons (Fsp3) is 0.250. The number of halogens is 1. The molecule has 0 aromatic rings. The van der Waals surface area contributed by atoms with Crippen LogP contribution in [0.5, 0.6) is 0 Å². The Bertz CT molecular complexity index is 201. The zero-order valence-corrected chi connectivity index (χ0v) is 5.78. The van der Waals surface area contributed by atoms with Crippen LogP contribution in [0.2, 0.25) is 0 Å². The lowest BCUT2D eigenvalue weighted by Gasteiger charge is -2.23. The van der Waals surface area contributed by atoms with Crippen molar-refractivity contribution in [1.82, 2.24) is 5.06 Å². The topological polar surface area (TPSA) is 87.9 Å². The van der Waals surface area contributed by atoms with E-state index in [9.17, 15) is 0 Å². The van der Waals surface area contributed by atoms with Crippen molar-refractivity contribution >= 4 is 17.6 Å². The first-order chi connectivity index (χ1) is 4.61. The molecule has 0 aromatic heterocycles. The highest BCUT2D eigenvalue weighted by atomic mass is 35.5. The van der Waals surface area contributed by atoms with Gasteiger partial charge in [0.2, 0.25) is 5.96 Å². The molecule has 1 unspecified atom stereocenters. The Morgan fingerprint density at radius 1 is 1.80 bits per heavy atom. The van der Waals surface area contributed by atoms with E-state index in [1.54, 1.807) is 0 Å². The predicted octanol–water partition coefficient (Wildman–Crippen LogP) is -0.629. The molecule has 1 aliphatic heterocycles. The van der Waals surface area contributed by atoms with Crippen molar-refractivity contribution in [2.24, 2.45) is 16.5 Å². The van der Waals surface area contributed by atoms with Gasteiger partial charge in [-0.2, -0.15) is 0 Å². The van der Waals surface area contributed by atoms with Gasteiger partial charge in [-0.3, -0.25) is 5.21 Å². The lowest BCUT2D eigenvalue weighted by atomic mass is 10.4. The molecular formula is C4H7ClN4O. The van der Waals surface area contributed by atoms with Gasteiger partial charge in [0, 0.05) is 0 Å². The zero-order valence-electron chi connectivity index (χ0n) is 5.03. The van der Waals surface area contributed by atoms with Gasteiger partial charge in [0.15, 0.2) is 0 Å². The van der Waals surface area contributed by atoms with Crippen molar-refractivity contribution in [3.8, 4) is 0 Å². The van der Waals surface area contributed by atoms with Crippen molar-refractivity contribution in [3.05, 3.63) is 11.2 Å². The molecule has 0 saturated carbocycles. The fourth-order valence-electron chi connectivity index (χ4n) is 0.562. The molecule has 6 heteroatoms. The SMILES string of the molecule is NC1=NC(Cl)=CC(N)N1O. The van der Waals surface area contributed by atoms with Crippen LogP contribution >= 0.6 is 11.6 Å². The normalized spacial score (nSPS) is 25.9. The summed E-state index contributed by atoms with van der Waals surface area (Å²) < 4.78 is 0. The number of hydrogen-bond acceptors (Lipinski definition) is 5. The quantitative estimate of drug-likeness (QED) is 0.414. The molecule has 0 aromatic carbocycles. The fourth-order valence-corrected chi connectivity index (χ4v) is 0.778. The predicted molar refractivity (Wildman–Crippen MR) is 37.2 cm³/mol. The average Bonchev–Trinajstić information content (AvgIpc) is 1.82. The first-order valence-corrected chi connectivity index (χ1v) is 2.94. The highest BCUT2D eigenvalue weighted by Crippen LogP contribution is 2.10. The number of rotatable bonds is 0. The molecule has 5 nitrogen and oxygen atoms in total. The minimum Gasteiger partial charge on any atom is -0.368 e. The van der Waals surface area contributed by atoms with E-state index in [2.05, 4.69) is 4.99 Å². The summed E-state index contributed by atoms with van der Waals surface area (Å²) >= 11 is 5.45. The first-order valence-electron chi connectivity index (χ1n) is 2.56. The van der Waals surface area contributed by atoms with E-state index in [4.69, 9.17) is 28.3 Å². The monoisotopic (exact) mass is 162 g/mol. The molecule has 0 saturated heterocycles. The summed E-state index contributed by atoms with van der Waals surface area (Å²) in [6, 6.07) is 0. The van der Waals surface area contributed by atoms with Crippen LogP contribution in [0.3, 0.4) is 0 Å². The third-order valence-corrected chi connectivity index (χ3v) is 1.26. The maximum absolute atomic E-state index is 8.91. The number of hydrogen-bond donors (Lipinski definition) is 3. The van der Waals surface area contributed by atoms with Crippen molar-refractivity contribution < 1.29 is 5.21 Å². The molecule has 10 heavy (non-hydrogen) atoms. The van der Waals surface area contributed by atoms with Crippen LogP contribution in [0, 0.1) is 0 Å². The van der Waals surface area contributed by atoms with E-state index >= 15 is 0 Å². The van der Waals surface area contributed by atoms with Gasteiger partial charge in [-0.05, 0) is 6.08 Å². The van der Waals surface area contributed by atoms with Crippen LogP contribution in [0.1, 0.15) is 0 Å². The molecule has 0 amide bonds. The minimum atomic E-state index is -0.704. The summed E-state index contributed by atoms with van der Waals surface area (Å²) in [5.41, 5.74) is 10.5. The van der Waals surface area contributed by atoms with Gasteiger partial charge in [-0.25, -0.2) is 10.1 Å². The molecule has 5 N–H and O–H groups in total. The van der Waals surface area contributed by atoms with Crippen LogP contribution in [0.15, 0.2) is 16.2 Å². The molecule has 0 fully saturated rings. The Kier molecular flexibility index (Phi) is 1.80. The Balaban J connectivity index is 2.85. The van der Waals surface area contributed by atoms with Crippen molar-refractivity contribution in [1.29, 1.82) is 0 Å². The maximum Gasteiger partial charge on any atom is 0.223 e. The van der Waals surface area contributed by atoms with Gasteiger partial charge in [0.05, 0.1) is 0 Å². The summed E-state index contributed by atoms with van der Waals surface area (Å²) in [6.45, 7) is 0. The Hall–Kier alpha value is -0.780. The molecule has 56 valence electrons. The standard InChI is InChI=1S/C4H7ClN4O/c5-2-1-3(6)9(10)4(7)8-2/h1,3,10H,6H2,(H2,7,8). The van der Waals surface area contributed by atoms with Crippen LogP contribution in [-0.2, 0) is 0 Å². The molecule has 0 radical (unpaired) electrons. The highest BCUT2D eigenvalue weighted by molar-refractivity contribution is 6.30. The van der Waals surface area contributed by atoms with Crippen molar-refractivity contribution in [2.45, 2.75) is 6.17 Å². The Morgan fingerprint density at radius 3 is 2.90 bits per heavy atom. The van der Waals surface area contributed by atoms with Crippen LogP contribution in [0.25, 0.3) is 0 Å². The second-order valence-electron chi connectivity index (χ2n) is 1.79. The van der Waals surface area contributed by atoms with Crippen LogP contribution in [0.4, 0.5) is 0 Å².